The summed E-state index contributed by atoms with van der Waals surface area (Å²) in [6.07, 6.45) is 28.8. The fourth-order valence-corrected chi connectivity index (χ4v) is 5.60. The fourth-order valence-electron chi connectivity index (χ4n) is 5.60. The number of hydrogen-bond acceptors (Lipinski definition) is 2. The lowest BCUT2D eigenvalue weighted by Gasteiger charge is -2.28. The first kappa shape index (κ1) is 26.9. The molecule has 1 aliphatic carbocycles. The lowest BCUT2D eigenvalue weighted by Crippen LogP contribution is -2.15. The minimum Gasteiger partial charge on any atom is -0.236 e. The van der Waals surface area contributed by atoms with E-state index in [0.29, 0.717) is 0 Å². The minimum atomic E-state index is 0.856. The van der Waals surface area contributed by atoms with Crippen molar-refractivity contribution < 1.29 is 0 Å². The third kappa shape index (κ3) is 9.88. The monoisotopic (exact) mass is 462 g/mol. The first-order valence-electron chi connectivity index (χ1n) is 14.7. The molecule has 1 heterocycles. The molecular weight excluding hydrogens is 412 g/mol. The highest BCUT2D eigenvalue weighted by molar-refractivity contribution is 5.55. The van der Waals surface area contributed by atoms with Crippen molar-refractivity contribution in [3.8, 4) is 11.4 Å². The number of aromatic nitrogens is 2. The van der Waals surface area contributed by atoms with E-state index in [1.807, 2.05) is 12.4 Å². The maximum absolute atomic E-state index is 4.64. The summed E-state index contributed by atoms with van der Waals surface area (Å²) in [5.41, 5.74) is 3.87. The van der Waals surface area contributed by atoms with Gasteiger partial charge in [-0.25, -0.2) is 9.97 Å². The molecule has 0 atom stereocenters. The molecule has 1 saturated carbocycles. The Labute approximate surface area is 210 Å². The van der Waals surface area contributed by atoms with E-state index in [1.165, 1.54) is 120 Å². The summed E-state index contributed by atoms with van der Waals surface area (Å²) in [6.45, 7) is 4.57. The lowest BCUT2D eigenvalue weighted by molar-refractivity contribution is 0.248. The van der Waals surface area contributed by atoms with Gasteiger partial charge in [0, 0.05) is 18.0 Å². The minimum absolute atomic E-state index is 0.856. The van der Waals surface area contributed by atoms with E-state index in [0.717, 1.165) is 29.6 Å². The molecule has 0 bridgehead atoms. The number of unbranched alkanes of at least 4 members (excludes halogenated alkanes) is 8. The van der Waals surface area contributed by atoms with Gasteiger partial charge in [0.15, 0.2) is 5.82 Å². The molecular formula is C32H50N2. The van der Waals surface area contributed by atoms with Gasteiger partial charge in [0.25, 0.3) is 0 Å². The smallest absolute Gasteiger partial charge is 0.159 e. The lowest BCUT2D eigenvalue weighted by atomic mass is 9.77. The van der Waals surface area contributed by atoms with E-state index < -0.39 is 0 Å². The average Bonchev–Trinajstić information content (AvgIpc) is 2.89. The summed E-state index contributed by atoms with van der Waals surface area (Å²) in [4.78, 5) is 9.29. The fraction of sp³-hybridized carbons (Fsp3) is 0.688. The molecule has 0 saturated heterocycles. The quantitative estimate of drug-likeness (QED) is 0.232. The predicted molar refractivity (Wildman–Crippen MR) is 147 cm³/mol. The van der Waals surface area contributed by atoms with Crippen molar-refractivity contribution in [3.05, 3.63) is 47.8 Å². The molecule has 0 spiro atoms. The highest BCUT2D eigenvalue weighted by atomic mass is 14.9. The van der Waals surface area contributed by atoms with Crippen LogP contribution in [0, 0.1) is 11.8 Å². The van der Waals surface area contributed by atoms with Crippen LogP contribution in [0.25, 0.3) is 11.4 Å². The first-order valence-corrected chi connectivity index (χ1v) is 14.7. The first-order chi connectivity index (χ1) is 16.8. The van der Waals surface area contributed by atoms with Gasteiger partial charge in [-0.1, -0.05) is 128 Å². The van der Waals surface area contributed by atoms with Crippen molar-refractivity contribution in [3.63, 3.8) is 0 Å². The van der Waals surface area contributed by atoms with Crippen molar-refractivity contribution in [1.82, 2.24) is 9.97 Å². The van der Waals surface area contributed by atoms with Gasteiger partial charge >= 0.3 is 0 Å². The molecule has 1 fully saturated rings. The maximum Gasteiger partial charge on any atom is 0.159 e. The van der Waals surface area contributed by atoms with Crippen LogP contribution in [-0.2, 0) is 12.8 Å². The highest BCUT2D eigenvalue weighted by Gasteiger charge is 2.20. The third-order valence-corrected chi connectivity index (χ3v) is 8.01. The molecule has 1 aliphatic rings. The van der Waals surface area contributed by atoms with Gasteiger partial charge < -0.3 is 0 Å². The number of aryl methyl sites for hydroxylation is 2. The van der Waals surface area contributed by atoms with Gasteiger partial charge in [-0.05, 0) is 48.6 Å². The second-order valence-corrected chi connectivity index (χ2v) is 10.9. The molecule has 2 heteroatoms. The van der Waals surface area contributed by atoms with Crippen molar-refractivity contribution in [2.24, 2.45) is 11.8 Å². The topological polar surface area (TPSA) is 25.8 Å². The molecule has 34 heavy (non-hydrogen) atoms. The average molecular weight is 463 g/mol. The molecule has 0 radical (unpaired) electrons. The molecule has 0 unspecified atom stereocenters. The van der Waals surface area contributed by atoms with Crippen molar-refractivity contribution >= 4 is 0 Å². The van der Waals surface area contributed by atoms with Crippen LogP contribution in [0.4, 0.5) is 0 Å². The van der Waals surface area contributed by atoms with Crippen molar-refractivity contribution in [2.45, 2.75) is 129 Å². The summed E-state index contributed by atoms with van der Waals surface area (Å²) >= 11 is 0. The zero-order valence-corrected chi connectivity index (χ0v) is 22.2. The maximum atomic E-state index is 4.64. The van der Waals surface area contributed by atoms with Gasteiger partial charge in [-0.3, -0.25) is 0 Å². The molecule has 0 amide bonds. The van der Waals surface area contributed by atoms with Crippen LogP contribution in [-0.4, -0.2) is 9.97 Å². The Balaban J connectivity index is 1.33. The van der Waals surface area contributed by atoms with Gasteiger partial charge in [0.05, 0.1) is 0 Å². The van der Waals surface area contributed by atoms with E-state index in [2.05, 4.69) is 48.1 Å². The molecule has 3 rings (SSSR count). The molecule has 0 aliphatic heterocycles. The Kier molecular flexibility index (Phi) is 12.7. The molecule has 1 aromatic carbocycles. The number of nitrogens with zero attached hydrogens (tertiary/aromatic N) is 2. The van der Waals surface area contributed by atoms with Gasteiger partial charge in [-0.15, -0.1) is 0 Å². The van der Waals surface area contributed by atoms with Crippen LogP contribution in [0.15, 0.2) is 36.7 Å². The molecule has 188 valence electrons. The van der Waals surface area contributed by atoms with Crippen molar-refractivity contribution in [1.29, 1.82) is 0 Å². The van der Waals surface area contributed by atoms with Gasteiger partial charge in [-0.2, -0.15) is 0 Å². The molecule has 1 aromatic heterocycles. The second-order valence-electron chi connectivity index (χ2n) is 10.9. The predicted octanol–water partition coefficient (Wildman–Crippen LogP) is 9.76. The van der Waals surface area contributed by atoms with Crippen molar-refractivity contribution in [2.75, 3.05) is 0 Å². The van der Waals surface area contributed by atoms with Crippen LogP contribution in [0.1, 0.15) is 128 Å². The highest BCUT2D eigenvalue weighted by Crippen LogP contribution is 2.34. The third-order valence-electron chi connectivity index (χ3n) is 8.01. The van der Waals surface area contributed by atoms with Crippen LogP contribution in [0.5, 0.6) is 0 Å². The molecule has 2 nitrogen and oxygen atoms in total. The van der Waals surface area contributed by atoms with Gasteiger partial charge in [0.1, 0.15) is 0 Å². The summed E-state index contributed by atoms with van der Waals surface area (Å²) in [7, 11) is 0. The largest absolute Gasteiger partial charge is 0.236 e. The summed E-state index contributed by atoms with van der Waals surface area (Å²) in [5.74, 6) is 2.81. The van der Waals surface area contributed by atoms with Crippen LogP contribution in [0.3, 0.4) is 0 Å². The summed E-state index contributed by atoms with van der Waals surface area (Å²) < 4.78 is 0. The number of rotatable bonds is 16. The van der Waals surface area contributed by atoms with Crippen LogP contribution in [0.2, 0.25) is 0 Å². The second kappa shape index (κ2) is 16.1. The number of benzene rings is 1. The van der Waals surface area contributed by atoms with E-state index in [4.69, 9.17) is 0 Å². The Morgan fingerprint density at radius 1 is 0.588 bits per heavy atom. The zero-order valence-electron chi connectivity index (χ0n) is 22.2. The van der Waals surface area contributed by atoms with E-state index >= 15 is 0 Å². The molecule has 0 N–H and O–H groups in total. The Morgan fingerprint density at radius 2 is 1.15 bits per heavy atom. The normalized spacial score (nSPS) is 18.3. The van der Waals surface area contributed by atoms with E-state index in [9.17, 15) is 0 Å². The molecule has 2 aromatic rings. The number of hydrogen-bond donors (Lipinski definition) is 0. The summed E-state index contributed by atoms with van der Waals surface area (Å²) in [6, 6.07) is 9.01. The van der Waals surface area contributed by atoms with Gasteiger partial charge in [0.2, 0.25) is 0 Å². The zero-order chi connectivity index (χ0) is 23.8. The Hall–Kier alpha value is -1.70. The standard InChI is InChI=1S/C32H50N2/c1-3-5-7-9-11-13-27-15-17-28(18-16-27)19-20-29-21-23-31(24-22-29)32-33-25-30(26-34-32)14-12-10-8-6-4-2/h21-28H,3-20H2,1-2H3/t27-,28-. The Morgan fingerprint density at radius 3 is 1.76 bits per heavy atom. The van der Waals surface area contributed by atoms with Crippen LogP contribution < -0.4 is 0 Å². The van der Waals surface area contributed by atoms with Crippen LogP contribution >= 0.6 is 0 Å². The Bertz CT molecular complexity index is 757. The SMILES string of the molecule is CCCCCCCc1cnc(-c2ccc(CC[C@H]3CC[C@H](CCCCCCC)CC3)cc2)nc1. The van der Waals surface area contributed by atoms with E-state index in [-0.39, 0.29) is 0 Å². The van der Waals surface area contributed by atoms with E-state index in [1.54, 1.807) is 0 Å². The summed E-state index contributed by atoms with van der Waals surface area (Å²) in [5, 5.41) is 0.